The number of hydrogen-bond donors (Lipinski definition) is 3. The van der Waals surface area contributed by atoms with Crippen molar-refractivity contribution in [1.29, 1.82) is 0 Å². The highest BCUT2D eigenvalue weighted by Crippen LogP contribution is 2.11. The fourth-order valence-corrected chi connectivity index (χ4v) is 1.74. The van der Waals surface area contributed by atoms with E-state index in [1.165, 1.54) is 12.1 Å². The van der Waals surface area contributed by atoms with E-state index in [4.69, 9.17) is 14.0 Å². The Labute approximate surface area is 120 Å². The standard InChI is InChI=1S/C13H15N3O5/c1-7-10(8(2)21-16-7)6-15-13(19)14-5-9-3-4-11(20-9)12(17)18/h3-4H,5-6H2,1-2H3,(H,17,18)(H2,14,15,19). The number of aromatic nitrogens is 1. The first-order valence-electron chi connectivity index (χ1n) is 6.23. The van der Waals surface area contributed by atoms with Gasteiger partial charge < -0.3 is 24.7 Å². The SMILES string of the molecule is Cc1noc(C)c1CNC(=O)NCc1ccc(C(=O)O)o1. The summed E-state index contributed by atoms with van der Waals surface area (Å²) in [4.78, 5) is 22.3. The summed E-state index contributed by atoms with van der Waals surface area (Å²) >= 11 is 0. The Hall–Kier alpha value is -2.77. The van der Waals surface area contributed by atoms with Crippen LogP contribution >= 0.6 is 0 Å². The third-order valence-electron chi connectivity index (χ3n) is 2.90. The van der Waals surface area contributed by atoms with Crippen LogP contribution in [-0.4, -0.2) is 22.3 Å². The molecule has 2 amide bonds. The van der Waals surface area contributed by atoms with Crippen LogP contribution in [0, 0.1) is 13.8 Å². The zero-order valence-electron chi connectivity index (χ0n) is 11.6. The molecule has 8 nitrogen and oxygen atoms in total. The summed E-state index contributed by atoms with van der Waals surface area (Å²) in [6.07, 6.45) is 0. The number of urea groups is 1. The van der Waals surface area contributed by atoms with Gasteiger partial charge in [0.25, 0.3) is 0 Å². The predicted molar refractivity (Wildman–Crippen MR) is 70.7 cm³/mol. The lowest BCUT2D eigenvalue weighted by molar-refractivity contribution is 0.0660. The maximum atomic E-state index is 11.6. The van der Waals surface area contributed by atoms with Crippen molar-refractivity contribution in [1.82, 2.24) is 15.8 Å². The van der Waals surface area contributed by atoms with Crippen LogP contribution in [0.5, 0.6) is 0 Å². The molecular formula is C13H15N3O5. The van der Waals surface area contributed by atoms with Gasteiger partial charge in [0.05, 0.1) is 12.2 Å². The Morgan fingerprint density at radius 3 is 2.52 bits per heavy atom. The van der Waals surface area contributed by atoms with Crippen LogP contribution in [0.15, 0.2) is 21.1 Å². The average Bonchev–Trinajstić information content (AvgIpc) is 3.03. The minimum Gasteiger partial charge on any atom is -0.475 e. The van der Waals surface area contributed by atoms with Crippen LogP contribution < -0.4 is 10.6 Å². The molecule has 3 N–H and O–H groups in total. The van der Waals surface area contributed by atoms with E-state index in [1.54, 1.807) is 13.8 Å². The van der Waals surface area contributed by atoms with Crippen LogP contribution in [-0.2, 0) is 13.1 Å². The molecule has 0 atom stereocenters. The summed E-state index contributed by atoms with van der Waals surface area (Å²) in [5.74, 6) is -0.295. The van der Waals surface area contributed by atoms with Gasteiger partial charge in [-0.05, 0) is 26.0 Å². The molecule has 0 bridgehead atoms. The van der Waals surface area contributed by atoms with Crippen molar-refractivity contribution in [3.63, 3.8) is 0 Å². The lowest BCUT2D eigenvalue weighted by Gasteiger charge is -2.06. The third kappa shape index (κ3) is 3.62. The molecule has 112 valence electrons. The highest BCUT2D eigenvalue weighted by molar-refractivity contribution is 5.84. The summed E-state index contributed by atoms with van der Waals surface area (Å²) < 4.78 is 10.0. The summed E-state index contributed by atoms with van der Waals surface area (Å²) in [7, 11) is 0. The molecule has 0 aliphatic rings. The van der Waals surface area contributed by atoms with Gasteiger partial charge in [-0.1, -0.05) is 5.16 Å². The second-order valence-corrected chi connectivity index (χ2v) is 4.41. The number of carboxylic acid groups (broad SMARTS) is 1. The van der Waals surface area contributed by atoms with Gasteiger partial charge in [0.2, 0.25) is 5.76 Å². The molecule has 2 aromatic rings. The molecule has 0 aliphatic carbocycles. The van der Waals surface area contributed by atoms with E-state index >= 15 is 0 Å². The van der Waals surface area contributed by atoms with Gasteiger partial charge >= 0.3 is 12.0 Å². The van der Waals surface area contributed by atoms with E-state index in [0.717, 1.165) is 11.3 Å². The van der Waals surface area contributed by atoms with Crippen molar-refractivity contribution >= 4 is 12.0 Å². The maximum absolute atomic E-state index is 11.6. The average molecular weight is 293 g/mol. The smallest absolute Gasteiger partial charge is 0.371 e. The van der Waals surface area contributed by atoms with Crippen LogP contribution in [0.1, 0.15) is 33.3 Å². The molecule has 2 heterocycles. The Morgan fingerprint density at radius 2 is 1.95 bits per heavy atom. The molecule has 0 aromatic carbocycles. The van der Waals surface area contributed by atoms with Crippen molar-refractivity contribution in [3.8, 4) is 0 Å². The molecule has 2 aromatic heterocycles. The van der Waals surface area contributed by atoms with E-state index in [1.807, 2.05) is 0 Å². The molecular weight excluding hydrogens is 278 g/mol. The number of hydrogen-bond acceptors (Lipinski definition) is 5. The van der Waals surface area contributed by atoms with Crippen molar-refractivity contribution in [3.05, 3.63) is 40.7 Å². The monoisotopic (exact) mass is 293 g/mol. The van der Waals surface area contributed by atoms with Crippen molar-refractivity contribution < 1.29 is 23.6 Å². The molecule has 0 saturated carbocycles. The molecule has 0 saturated heterocycles. The normalized spacial score (nSPS) is 10.4. The van der Waals surface area contributed by atoms with Gasteiger partial charge in [-0.15, -0.1) is 0 Å². The van der Waals surface area contributed by atoms with Crippen molar-refractivity contribution in [2.24, 2.45) is 0 Å². The Kier molecular flexibility index (Phi) is 4.27. The van der Waals surface area contributed by atoms with Crippen LogP contribution in [0.25, 0.3) is 0 Å². The van der Waals surface area contributed by atoms with Gasteiger partial charge in [-0.3, -0.25) is 0 Å². The molecule has 8 heteroatoms. The quantitative estimate of drug-likeness (QED) is 0.770. The second kappa shape index (κ2) is 6.12. The molecule has 0 unspecified atom stereocenters. The van der Waals surface area contributed by atoms with Crippen LogP contribution in [0.3, 0.4) is 0 Å². The Morgan fingerprint density at radius 1 is 1.24 bits per heavy atom. The highest BCUT2D eigenvalue weighted by Gasteiger charge is 2.11. The molecule has 0 fully saturated rings. The molecule has 0 spiro atoms. The number of nitrogens with zero attached hydrogens (tertiary/aromatic N) is 1. The highest BCUT2D eigenvalue weighted by atomic mass is 16.5. The first kappa shape index (κ1) is 14.6. The van der Waals surface area contributed by atoms with Crippen LogP contribution in [0.2, 0.25) is 0 Å². The predicted octanol–water partition coefficient (Wildman–Crippen LogP) is 1.58. The molecule has 0 radical (unpaired) electrons. The van der Waals surface area contributed by atoms with E-state index < -0.39 is 12.0 Å². The van der Waals surface area contributed by atoms with Crippen molar-refractivity contribution in [2.75, 3.05) is 0 Å². The topological polar surface area (TPSA) is 118 Å². The maximum Gasteiger partial charge on any atom is 0.371 e. The van der Waals surface area contributed by atoms with E-state index in [0.29, 0.717) is 18.1 Å². The van der Waals surface area contributed by atoms with E-state index in [9.17, 15) is 9.59 Å². The Bertz CT molecular complexity index is 639. The number of furan rings is 1. The molecule has 2 rings (SSSR count). The van der Waals surface area contributed by atoms with Crippen molar-refractivity contribution in [2.45, 2.75) is 26.9 Å². The lowest BCUT2D eigenvalue weighted by atomic mass is 10.2. The number of carboxylic acids is 1. The summed E-state index contributed by atoms with van der Waals surface area (Å²) in [5, 5.41) is 17.7. The van der Waals surface area contributed by atoms with E-state index in [2.05, 4.69) is 15.8 Å². The molecule has 21 heavy (non-hydrogen) atoms. The summed E-state index contributed by atoms with van der Waals surface area (Å²) in [5.41, 5.74) is 1.56. The number of aryl methyl sites for hydroxylation is 2. The van der Waals surface area contributed by atoms with Crippen LogP contribution in [0.4, 0.5) is 4.79 Å². The zero-order valence-corrected chi connectivity index (χ0v) is 11.6. The first-order chi connectivity index (χ1) is 9.97. The fourth-order valence-electron chi connectivity index (χ4n) is 1.74. The number of rotatable bonds is 5. The van der Waals surface area contributed by atoms with Gasteiger partial charge in [-0.25, -0.2) is 9.59 Å². The number of aromatic carboxylic acids is 1. The number of amides is 2. The minimum absolute atomic E-state index is 0.0979. The van der Waals surface area contributed by atoms with Gasteiger partial charge in [0.15, 0.2) is 0 Å². The van der Waals surface area contributed by atoms with E-state index in [-0.39, 0.29) is 12.3 Å². The Balaban J connectivity index is 1.81. The summed E-state index contributed by atoms with van der Waals surface area (Å²) in [6.45, 7) is 3.96. The minimum atomic E-state index is -1.15. The van der Waals surface area contributed by atoms with Gasteiger partial charge in [-0.2, -0.15) is 0 Å². The van der Waals surface area contributed by atoms with Gasteiger partial charge in [0.1, 0.15) is 11.5 Å². The molecule has 0 aliphatic heterocycles. The lowest BCUT2D eigenvalue weighted by Crippen LogP contribution is -2.34. The number of nitrogens with one attached hydrogen (secondary N) is 2. The summed E-state index contributed by atoms with van der Waals surface area (Å²) in [6, 6.07) is 2.43. The number of carbonyl (C=O) groups is 2. The zero-order chi connectivity index (χ0) is 15.4. The fraction of sp³-hybridized carbons (Fsp3) is 0.308. The van der Waals surface area contributed by atoms with Gasteiger partial charge in [0, 0.05) is 12.1 Å². The number of carbonyl (C=O) groups excluding carboxylic acids is 1. The first-order valence-corrected chi connectivity index (χ1v) is 6.23. The second-order valence-electron chi connectivity index (χ2n) is 4.41. The third-order valence-corrected chi connectivity index (χ3v) is 2.90. The largest absolute Gasteiger partial charge is 0.475 e.